The summed E-state index contributed by atoms with van der Waals surface area (Å²) >= 11 is 0. The van der Waals surface area contributed by atoms with Gasteiger partial charge in [-0.2, -0.15) is 0 Å². The number of hydrogen-bond donors (Lipinski definition) is 0. The van der Waals surface area contributed by atoms with E-state index in [-0.39, 0.29) is 0 Å². The van der Waals surface area contributed by atoms with Crippen molar-refractivity contribution in [3.05, 3.63) is 60.7 Å². The summed E-state index contributed by atoms with van der Waals surface area (Å²) in [6.07, 6.45) is 0. The van der Waals surface area contributed by atoms with Crippen LogP contribution in [-0.2, 0) is 14.2 Å². The quantitative estimate of drug-likeness (QED) is 0.812. The minimum atomic E-state index is 0.629. The van der Waals surface area contributed by atoms with Crippen molar-refractivity contribution in [2.45, 2.75) is 0 Å². The first kappa shape index (κ1) is 19.7. The number of hydrogen-bond acceptors (Lipinski definition) is 5. The van der Waals surface area contributed by atoms with Crippen molar-refractivity contribution in [1.29, 1.82) is 0 Å². The Bertz CT molecular complexity index is 568. The van der Waals surface area contributed by atoms with Crippen molar-refractivity contribution in [1.82, 2.24) is 0 Å². The van der Waals surface area contributed by atoms with Crippen molar-refractivity contribution in [2.75, 3.05) is 75.6 Å². The van der Waals surface area contributed by atoms with Crippen LogP contribution in [0.2, 0.25) is 0 Å². The fraction of sp³-hybridized carbons (Fsp3) is 0.455. The molecule has 27 heavy (non-hydrogen) atoms. The van der Waals surface area contributed by atoms with E-state index in [9.17, 15) is 0 Å². The lowest BCUT2D eigenvalue weighted by atomic mass is 10.3. The smallest absolute Gasteiger partial charge is 0.0701 e. The zero-order valence-electron chi connectivity index (χ0n) is 16.0. The van der Waals surface area contributed by atoms with Crippen LogP contribution in [0.25, 0.3) is 0 Å². The molecule has 0 spiro atoms. The van der Waals surface area contributed by atoms with Gasteiger partial charge in [0.15, 0.2) is 0 Å². The Labute approximate surface area is 162 Å². The van der Waals surface area contributed by atoms with Gasteiger partial charge in [0.1, 0.15) is 0 Å². The van der Waals surface area contributed by atoms with Gasteiger partial charge in [-0.1, -0.05) is 36.4 Å². The molecule has 0 aromatic heterocycles. The Balaban J connectivity index is 1.57. The maximum Gasteiger partial charge on any atom is 0.0701 e. The lowest BCUT2D eigenvalue weighted by Crippen LogP contribution is -2.33. The molecule has 1 fully saturated rings. The van der Waals surface area contributed by atoms with Gasteiger partial charge in [-0.05, 0) is 24.3 Å². The van der Waals surface area contributed by atoms with Crippen LogP contribution in [0.3, 0.4) is 0 Å². The zero-order chi connectivity index (χ0) is 18.6. The lowest BCUT2D eigenvalue weighted by Gasteiger charge is -2.26. The summed E-state index contributed by atoms with van der Waals surface area (Å²) < 4.78 is 17.5. The molecule has 0 amide bonds. The molecule has 0 bridgehead atoms. The summed E-state index contributed by atoms with van der Waals surface area (Å²) in [6.45, 7) is 7.46. The largest absolute Gasteiger partial charge is 0.378 e. The second-order valence-corrected chi connectivity index (χ2v) is 6.48. The van der Waals surface area contributed by atoms with E-state index in [1.54, 1.807) is 0 Å². The lowest BCUT2D eigenvalue weighted by molar-refractivity contribution is 0.0530. The highest BCUT2D eigenvalue weighted by atomic mass is 16.5. The van der Waals surface area contributed by atoms with E-state index in [0.717, 1.165) is 26.2 Å². The number of ether oxygens (including phenoxy) is 3. The van der Waals surface area contributed by atoms with Crippen molar-refractivity contribution < 1.29 is 14.2 Å². The summed E-state index contributed by atoms with van der Waals surface area (Å²) in [5.74, 6) is 0. The fourth-order valence-electron chi connectivity index (χ4n) is 3.14. The molecule has 1 heterocycles. The number of benzene rings is 2. The minimum absolute atomic E-state index is 0.629. The van der Waals surface area contributed by atoms with E-state index < -0.39 is 0 Å². The highest BCUT2D eigenvalue weighted by Crippen LogP contribution is 2.14. The Morgan fingerprint density at radius 3 is 1.15 bits per heavy atom. The summed E-state index contributed by atoms with van der Waals surface area (Å²) in [4.78, 5) is 4.63. The third-order valence-corrected chi connectivity index (χ3v) is 4.64. The van der Waals surface area contributed by atoms with Gasteiger partial charge in [0.05, 0.1) is 39.6 Å². The molecule has 0 unspecified atom stereocenters. The molecule has 0 atom stereocenters. The Morgan fingerprint density at radius 2 is 0.778 bits per heavy atom. The van der Waals surface area contributed by atoms with Gasteiger partial charge < -0.3 is 24.0 Å². The molecule has 1 saturated heterocycles. The van der Waals surface area contributed by atoms with Crippen molar-refractivity contribution in [3.63, 3.8) is 0 Å². The average molecular weight is 370 g/mol. The summed E-state index contributed by atoms with van der Waals surface area (Å²) in [5, 5.41) is 0. The first-order chi connectivity index (χ1) is 13.4. The number of rotatable bonds is 2. The molecular formula is C22H30N2O3. The molecular weight excluding hydrogens is 340 g/mol. The van der Waals surface area contributed by atoms with Crippen LogP contribution in [0.15, 0.2) is 60.7 Å². The van der Waals surface area contributed by atoms with E-state index in [1.165, 1.54) is 11.4 Å². The monoisotopic (exact) mass is 370 g/mol. The van der Waals surface area contributed by atoms with Gasteiger partial charge in [0.2, 0.25) is 0 Å². The highest BCUT2D eigenvalue weighted by molar-refractivity contribution is 5.46. The van der Waals surface area contributed by atoms with Crippen LogP contribution >= 0.6 is 0 Å². The molecule has 2 aromatic rings. The molecule has 3 rings (SSSR count). The molecule has 0 aliphatic carbocycles. The second-order valence-electron chi connectivity index (χ2n) is 6.48. The molecule has 0 saturated carbocycles. The van der Waals surface area contributed by atoms with Gasteiger partial charge in [-0.25, -0.2) is 0 Å². The van der Waals surface area contributed by atoms with E-state index in [4.69, 9.17) is 14.2 Å². The van der Waals surface area contributed by atoms with Crippen LogP contribution in [-0.4, -0.2) is 65.8 Å². The van der Waals surface area contributed by atoms with Crippen LogP contribution in [0.5, 0.6) is 0 Å². The van der Waals surface area contributed by atoms with Gasteiger partial charge in [0, 0.05) is 37.6 Å². The maximum absolute atomic E-state index is 5.95. The number of anilines is 2. The summed E-state index contributed by atoms with van der Waals surface area (Å²) in [5.41, 5.74) is 2.41. The van der Waals surface area contributed by atoms with Crippen LogP contribution < -0.4 is 9.80 Å². The maximum atomic E-state index is 5.95. The fourth-order valence-corrected chi connectivity index (χ4v) is 3.14. The predicted octanol–water partition coefficient (Wildman–Crippen LogP) is 3.06. The third-order valence-electron chi connectivity index (χ3n) is 4.64. The Hall–Kier alpha value is -2.08. The number of para-hydroxylation sites is 2. The first-order valence-electron chi connectivity index (χ1n) is 9.77. The molecule has 0 N–H and O–H groups in total. The molecule has 1 aliphatic heterocycles. The SMILES string of the molecule is c1ccc(N2CCOCCOCCN(c3ccccc3)CCOCC2)cc1. The zero-order valence-corrected chi connectivity index (χ0v) is 16.0. The first-order valence-corrected chi connectivity index (χ1v) is 9.77. The van der Waals surface area contributed by atoms with Crippen LogP contribution in [0, 0.1) is 0 Å². The van der Waals surface area contributed by atoms with E-state index in [2.05, 4.69) is 58.3 Å². The predicted molar refractivity (Wildman–Crippen MR) is 110 cm³/mol. The standard InChI is InChI=1S/C22H30N2O3/c1-3-7-21(8-4-1)23-11-15-25-16-12-24(22-9-5-2-6-10-22)14-18-27-20-19-26-17-13-23/h1-10H,11-20H2. The number of nitrogens with zero attached hydrogens (tertiary/aromatic N) is 2. The van der Waals surface area contributed by atoms with E-state index >= 15 is 0 Å². The second kappa shape index (κ2) is 11.6. The van der Waals surface area contributed by atoms with Gasteiger partial charge >= 0.3 is 0 Å². The third kappa shape index (κ3) is 6.86. The highest BCUT2D eigenvalue weighted by Gasteiger charge is 2.09. The van der Waals surface area contributed by atoms with Gasteiger partial charge in [0.25, 0.3) is 0 Å². The molecule has 5 nitrogen and oxygen atoms in total. The summed E-state index contributed by atoms with van der Waals surface area (Å²) in [7, 11) is 0. The van der Waals surface area contributed by atoms with Crippen molar-refractivity contribution >= 4 is 11.4 Å². The topological polar surface area (TPSA) is 34.2 Å². The molecule has 1 aliphatic rings. The molecule has 0 radical (unpaired) electrons. The average Bonchev–Trinajstić information content (AvgIpc) is 2.74. The minimum Gasteiger partial charge on any atom is -0.378 e. The van der Waals surface area contributed by atoms with Gasteiger partial charge in [-0.3, -0.25) is 0 Å². The van der Waals surface area contributed by atoms with E-state index in [0.29, 0.717) is 39.6 Å². The molecule has 5 heteroatoms. The Kier molecular flexibility index (Phi) is 8.45. The summed E-state index contributed by atoms with van der Waals surface area (Å²) in [6, 6.07) is 20.9. The van der Waals surface area contributed by atoms with Crippen molar-refractivity contribution in [3.8, 4) is 0 Å². The van der Waals surface area contributed by atoms with Crippen LogP contribution in [0.1, 0.15) is 0 Å². The molecule has 146 valence electrons. The van der Waals surface area contributed by atoms with Gasteiger partial charge in [-0.15, -0.1) is 0 Å². The van der Waals surface area contributed by atoms with Crippen LogP contribution in [0.4, 0.5) is 11.4 Å². The van der Waals surface area contributed by atoms with E-state index in [1.807, 2.05) is 12.1 Å². The van der Waals surface area contributed by atoms with Crippen molar-refractivity contribution in [2.24, 2.45) is 0 Å². The Morgan fingerprint density at radius 1 is 0.444 bits per heavy atom. The normalized spacial score (nSPS) is 18.5. The molecule has 2 aromatic carbocycles.